The van der Waals surface area contributed by atoms with Crippen molar-refractivity contribution in [2.24, 2.45) is 0 Å². The van der Waals surface area contributed by atoms with Crippen LogP contribution in [0.1, 0.15) is 25.7 Å². The third-order valence-corrected chi connectivity index (χ3v) is 4.58. The second kappa shape index (κ2) is 8.85. The molecule has 2 atom stereocenters. The summed E-state index contributed by atoms with van der Waals surface area (Å²) in [5.41, 5.74) is 0.984. The number of nitrogens with zero attached hydrogens (tertiary/aromatic N) is 2. The molecule has 23 heavy (non-hydrogen) atoms. The van der Waals surface area contributed by atoms with Gasteiger partial charge in [0.25, 0.3) is 0 Å². The van der Waals surface area contributed by atoms with Crippen LogP contribution in [0.2, 0.25) is 0 Å². The van der Waals surface area contributed by atoms with Gasteiger partial charge in [0.05, 0.1) is 19.1 Å². The summed E-state index contributed by atoms with van der Waals surface area (Å²) in [5, 5.41) is 0. The van der Waals surface area contributed by atoms with Crippen LogP contribution in [0.4, 0.5) is 5.69 Å². The molecule has 1 amide bonds. The van der Waals surface area contributed by atoms with Crippen LogP contribution in [0, 0.1) is 0 Å². The number of methoxy groups -OCH3 is 1. The van der Waals surface area contributed by atoms with E-state index in [0.717, 1.165) is 31.5 Å². The lowest BCUT2D eigenvalue weighted by Crippen LogP contribution is -2.50. The van der Waals surface area contributed by atoms with E-state index in [2.05, 4.69) is 18.5 Å². The fourth-order valence-electron chi connectivity index (χ4n) is 3.49. The Balaban J connectivity index is 2.25. The quantitative estimate of drug-likeness (QED) is 0.691. The number of carbonyl (C=O) groups excluding carboxylic acids is 1. The summed E-state index contributed by atoms with van der Waals surface area (Å²) in [6.45, 7) is 5.14. The van der Waals surface area contributed by atoms with Crippen LogP contribution in [-0.2, 0) is 9.53 Å². The van der Waals surface area contributed by atoms with Crippen LogP contribution in [0.15, 0.2) is 43.0 Å². The molecule has 126 valence electrons. The van der Waals surface area contributed by atoms with Gasteiger partial charge in [0.1, 0.15) is 0 Å². The van der Waals surface area contributed by atoms with E-state index in [1.165, 1.54) is 0 Å². The lowest BCUT2D eigenvalue weighted by Gasteiger charge is -2.37. The van der Waals surface area contributed by atoms with Crippen molar-refractivity contribution in [3.8, 4) is 0 Å². The average molecular weight is 316 g/mol. The van der Waals surface area contributed by atoms with Gasteiger partial charge in [-0.15, -0.1) is 6.58 Å². The van der Waals surface area contributed by atoms with Crippen molar-refractivity contribution in [2.45, 2.75) is 37.8 Å². The lowest BCUT2D eigenvalue weighted by atomic mass is 10.1. The first-order valence-corrected chi connectivity index (χ1v) is 8.36. The second-order valence-corrected chi connectivity index (χ2v) is 6.14. The summed E-state index contributed by atoms with van der Waals surface area (Å²) in [4.78, 5) is 17.1. The van der Waals surface area contributed by atoms with Crippen LogP contribution in [0.25, 0.3) is 0 Å². The lowest BCUT2D eigenvalue weighted by molar-refractivity contribution is -0.120. The second-order valence-electron chi connectivity index (χ2n) is 6.14. The highest BCUT2D eigenvalue weighted by Gasteiger charge is 2.37. The Morgan fingerprint density at radius 3 is 2.65 bits per heavy atom. The van der Waals surface area contributed by atoms with Gasteiger partial charge in [0, 0.05) is 25.4 Å². The molecule has 0 N–H and O–H groups in total. The molecule has 0 spiro atoms. The average Bonchev–Trinajstić information content (AvgIpc) is 3.03. The molecule has 1 saturated carbocycles. The van der Waals surface area contributed by atoms with Crippen molar-refractivity contribution < 1.29 is 9.53 Å². The summed E-state index contributed by atoms with van der Waals surface area (Å²) in [6.07, 6.45) is 5.65. The van der Waals surface area contributed by atoms with Crippen LogP contribution in [-0.4, -0.2) is 50.2 Å². The van der Waals surface area contributed by atoms with E-state index in [4.69, 9.17) is 4.74 Å². The van der Waals surface area contributed by atoms with Crippen molar-refractivity contribution >= 4 is 11.6 Å². The number of anilines is 1. The number of amides is 1. The van der Waals surface area contributed by atoms with E-state index in [9.17, 15) is 4.79 Å². The van der Waals surface area contributed by atoms with Crippen molar-refractivity contribution in [1.82, 2.24) is 4.90 Å². The maximum atomic E-state index is 12.8. The smallest absolute Gasteiger partial charge is 0.229 e. The maximum Gasteiger partial charge on any atom is 0.229 e. The van der Waals surface area contributed by atoms with Crippen molar-refractivity contribution in [1.29, 1.82) is 0 Å². The molecule has 0 saturated heterocycles. The third-order valence-electron chi connectivity index (χ3n) is 4.58. The Kier molecular flexibility index (Phi) is 6.81. The Hall–Kier alpha value is -1.65. The minimum atomic E-state index is 0.141. The minimum Gasteiger partial charge on any atom is -0.384 e. The number of rotatable bonds is 8. The van der Waals surface area contributed by atoms with Gasteiger partial charge in [-0.3, -0.25) is 9.69 Å². The summed E-state index contributed by atoms with van der Waals surface area (Å²) in [5.74, 6) is 0.141. The summed E-state index contributed by atoms with van der Waals surface area (Å²) < 4.78 is 5.10. The molecule has 2 unspecified atom stereocenters. The number of ether oxygens (including phenoxy) is 1. The minimum absolute atomic E-state index is 0.141. The molecule has 0 aliphatic heterocycles. The standard InChI is InChI=1S/C19H28N2O2/c1-4-14-20(2)17-11-8-12-18(17)21(19(22)13-15-23-3)16-9-6-5-7-10-16/h4-7,9-10,17-18H,1,8,11-15H2,2-3H3. The monoisotopic (exact) mass is 316 g/mol. The van der Waals surface area contributed by atoms with E-state index in [-0.39, 0.29) is 11.9 Å². The Morgan fingerprint density at radius 2 is 2.00 bits per heavy atom. The van der Waals surface area contributed by atoms with Gasteiger partial charge in [-0.25, -0.2) is 0 Å². The number of hydrogen-bond acceptors (Lipinski definition) is 3. The molecule has 1 aromatic rings. The normalized spacial score (nSPS) is 20.7. The first kappa shape index (κ1) is 17.7. The van der Waals surface area contributed by atoms with Gasteiger partial charge >= 0.3 is 0 Å². The first-order valence-electron chi connectivity index (χ1n) is 8.36. The first-order chi connectivity index (χ1) is 11.2. The van der Waals surface area contributed by atoms with E-state index in [1.54, 1.807) is 7.11 Å². The molecule has 2 rings (SSSR count). The van der Waals surface area contributed by atoms with Gasteiger partial charge in [0.15, 0.2) is 0 Å². The molecule has 1 aliphatic carbocycles. The van der Waals surface area contributed by atoms with E-state index in [0.29, 0.717) is 19.1 Å². The molecule has 0 radical (unpaired) electrons. The van der Waals surface area contributed by atoms with E-state index >= 15 is 0 Å². The van der Waals surface area contributed by atoms with Crippen molar-refractivity contribution in [3.63, 3.8) is 0 Å². The van der Waals surface area contributed by atoms with E-state index in [1.807, 2.05) is 41.3 Å². The molecule has 0 bridgehead atoms. The van der Waals surface area contributed by atoms with Gasteiger partial charge < -0.3 is 9.64 Å². The number of carbonyl (C=O) groups is 1. The molecule has 0 heterocycles. The molecule has 1 aliphatic rings. The highest BCUT2D eigenvalue weighted by molar-refractivity contribution is 5.94. The fraction of sp³-hybridized carbons (Fsp3) is 0.526. The predicted octanol–water partition coefficient (Wildman–Crippen LogP) is 3.10. The van der Waals surface area contributed by atoms with Gasteiger partial charge in [-0.2, -0.15) is 0 Å². The molecule has 0 aromatic heterocycles. The summed E-state index contributed by atoms with van der Waals surface area (Å²) >= 11 is 0. The molecule has 4 heteroatoms. The van der Waals surface area contributed by atoms with Gasteiger partial charge in [0.2, 0.25) is 5.91 Å². The number of benzene rings is 1. The Morgan fingerprint density at radius 1 is 1.30 bits per heavy atom. The van der Waals surface area contributed by atoms with Gasteiger partial charge in [-0.1, -0.05) is 24.3 Å². The number of para-hydroxylation sites is 1. The summed E-state index contributed by atoms with van der Waals surface area (Å²) in [7, 11) is 3.75. The van der Waals surface area contributed by atoms with Crippen molar-refractivity contribution in [3.05, 3.63) is 43.0 Å². The fourth-order valence-corrected chi connectivity index (χ4v) is 3.49. The highest BCUT2D eigenvalue weighted by Crippen LogP contribution is 2.32. The largest absolute Gasteiger partial charge is 0.384 e. The van der Waals surface area contributed by atoms with Crippen LogP contribution < -0.4 is 4.90 Å². The predicted molar refractivity (Wildman–Crippen MR) is 94.7 cm³/mol. The Labute approximate surface area is 139 Å². The van der Waals surface area contributed by atoms with Crippen molar-refractivity contribution in [2.75, 3.05) is 32.2 Å². The SMILES string of the molecule is C=CCN(C)C1CCCC1N(C(=O)CCOC)c1ccccc1. The van der Waals surface area contributed by atoms with E-state index < -0.39 is 0 Å². The van der Waals surface area contributed by atoms with Crippen LogP contribution in [0.3, 0.4) is 0 Å². The highest BCUT2D eigenvalue weighted by atomic mass is 16.5. The van der Waals surface area contributed by atoms with Gasteiger partial charge in [-0.05, 0) is 38.4 Å². The molecule has 1 fully saturated rings. The Bertz CT molecular complexity index is 503. The van der Waals surface area contributed by atoms with Crippen LogP contribution >= 0.6 is 0 Å². The maximum absolute atomic E-state index is 12.8. The molecule has 4 nitrogen and oxygen atoms in total. The third kappa shape index (κ3) is 4.43. The topological polar surface area (TPSA) is 32.8 Å². The molecular formula is C19H28N2O2. The zero-order valence-corrected chi connectivity index (χ0v) is 14.3. The number of hydrogen-bond donors (Lipinski definition) is 0. The molecular weight excluding hydrogens is 288 g/mol. The zero-order valence-electron chi connectivity index (χ0n) is 14.3. The summed E-state index contributed by atoms with van der Waals surface area (Å²) in [6, 6.07) is 10.6. The zero-order chi connectivity index (χ0) is 16.7. The van der Waals surface area contributed by atoms with Crippen LogP contribution in [0.5, 0.6) is 0 Å². The number of likely N-dealkylation sites (N-methyl/N-ethyl adjacent to an activating group) is 1. The molecule has 1 aromatic carbocycles.